The first-order valence-corrected chi connectivity index (χ1v) is 45.8. The number of aromatic nitrogens is 12. The van der Waals surface area contributed by atoms with Gasteiger partial charge in [-0.3, -0.25) is 0 Å². The number of phenols is 1. The fraction of sp³-hybridized carbons (Fsp3) is 0.474. The van der Waals surface area contributed by atoms with Gasteiger partial charge in [0.15, 0.2) is 34.9 Å². The fourth-order valence-corrected chi connectivity index (χ4v) is 16.0. The molecule has 12 aromatic rings. The molecule has 0 radical (unpaired) electrons. The Morgan fingerprint density at radius 1 is 0.326 bits per heavy atom. The summed E-state index contributed by atoms with van der Waals surface area (Å²) in [7, 11) is 0. The molecule has 0 saturated heterocycles. The van der Waals surface area contributed by atoms with Gasteiger partial charge in [0.1, 0.15) is 17.3 Å². The summed E-state index contributed by atoms with van der Waals surface area (Å²) in [6.45, 7) is 72.6. The lowest BCUT2D eigenvalue weighted by molar-refractivity contribution is -0.0513. The lowest BCUT2D eigenvalue weighted by atomic mass is 9.86. The Morgan fingerprint density at radius 3 is 0.879 bits per heavy atom. The van der Waals surface area contributed by atoms with Gasteiger partial charge in [0.25, 0.3) is 12.3 Å². The Bertz CT molecular complexity index is 5590. The summed E-state index contributed by atoms with van der Waals surface area (Å²) in [5, 5.41) is 10.4. The normalized spacial score (nSPS) is 12.5. The highest BCUT2D eigenvalue weighted by Crippen LogP contribution is 2.48. The van der Waals surface area contributed by atoms with Gasteiger partial charge >= 0.3 is 0 Å². The maximum atomic E-state index is 14.0. The monoisotopic (exact) mass is 1800 g/mol. The number of nitrogen functional groups attached to an aromatic ring is 1. The molecule has 1 aliphatic rings. The molecule has 18 heteroatoms. The van der Waals surface area contributed by atoms with Crippen LogP contribution in [0, 0.1) is 61.3 Å². The van der Waals surface area contributed by atoms with Crippen LogP contribution >= 0.6 is 0 Å². The predicted octanol–water partition coefficient (Wildman–Crippen LogP) is 32.2. The molecule has 1 saturated carbocycles. The van der Waals surface area contributed by atoms with Crippen molar-refractivity contribution in [3.05, 3.63) is 270 Å². The number of halogens is 4. The van der Waals surface area contributed by atoms with Gasteiger partial charge in [0.05, 0.1) is 5.56 Å². The van der Waals surface area contributed by atoms with Crippen LogP contribution in [0.5, 0.6) is 5.75 Å². The van der Waals surface area contributed by atoms with Gasteiger partial charge in [-0.2, -0.15) is 0 Å². The van der Waals surface area contributed by atoms with E-state index in [1.54, 1.807) is 19.1 Å². The molecule has 0 spiro atoms. The van der Waals surface area contributed by atoms with E-state index in [0.29, 0.717) is 74.8 Å². The standard InChI is InChI=1S/C19H24F2N2.C19H26N2O.C19H26N2.C18H23F2N3.C18H22N2.C18H24N2.3CH4/c1-11(2)15-12(3)22-18(23-16(15)17(20)21)13-7-9-14(10-8-13)19(4,5)6;1-11(2)17-12(3)20-18(21-13(17)4)15-9-8-14(10-16(15)22)19(5,6)7;1-12(2)17-13(3)20-18(21-14(17)4)15-8-10-16(11-9-15)19(5,6)7;1-10(2)15-12(5)22-17(23-16(15)21)13-6-8-14(9-7-13)18(19,20)11(3)4;1-12(2)16-11-19-17(20-13(16)3)14-5-7-15(8-6-14)18(4)9-10-18;1-12(2)16-11-19-17(20-13(16)3)14-7-9-15(10-8-14)18(4,5)6;;;/h7-11,17H,1-6H3;8-11,22H,1-7H3;8-12H,1-7H3;6-11H,1-5H3,(H2,21,22,23);5-8,11-12H,9-10H2,1-4H3;7-12H,1-6H3;3*1H4. The lowest BCUT2D eigenvalue weighted by Crippen LogP contribution is -2.20. The van der Waals surface area contributed by atoms with Crippen LogP contribution in [-0.4, -0.2) is 64.9 Å². The minimum atomic E-state index is -2.85. The SMILES string of the molecule is C.C.C.Cc1nc(-c2ccc(C(C)(C)C)cc2)nc(C(F)F)c1C(C)C.Cc1nc(-c2ccc(C(C)(C)C)cc2)nc(C)c1C(C)C.Cc1nc(-c2ccc(C(C)(C)C)cc2)ncc1C(C)C.Cc1nc(-c2ccc(C(C)(C)C)cc2O)nc(C)c1C(C)C.Cc1nc(-c2ccc(C(F)(F)C(C)C)cc2)nc(N)c1C(C)C.Cc1nc(-c2ccc(C3(C)CC3)cc2)ncc1C(C)C. The quantitative estimate of drug-likeness (QED) is 0.0865. The first-order valence-electron chi connectivity index (χ1n) is 45.8. The van der Waals surface area contributed by atoms with E-state index in [4.69, 9.17) is 15.7 Å². The van der Waals surface area contributed by atoms with E-state index in [-0.39, 0.29) is 72.8 Å². The molecule has 1 fully saturated rings. The molecule has 0 atom stereocenters. The van der Waals surface area contributed by atoms with Gasteiger partial charge in [0.2, 0.25) is 0 Å². The molecule has 6 heterocycles. The second-order valence-electron chi connectivity index (χ2n) is 41.3. The van der Waals surface area contributed by atoms with Crippen molar-refractivity contribution in [2.24, 2.45) is 5.92 Å². The molecule has 712 valence electrons. The summed E-state index contributed by atoms with van der Waals surface area (Å²) < 4.78 is 54.9. The topological polar surface area (TPSA) is 201 Å². The van der Waals surface area contributed by atoms with E-state index >= 15 is 0 Å². The minimum Gasteiger partial charge on any atom is -0.507 e. The highest BCUT2D eigenvalue weighted by molar-refractivity contribution is 5.67. The van der Waals surface area contributed by atoms with E-state index in [1.807, 2.05) is 103 Å². The van der Waals surface area contributed by atoms with Gasteiger partial charge in [-0.05, 0) is 193 Å². The second-order valence-corrected chi connectivity index (χ2v) is 41.3. The number of aromatic hydroxyl groups is 1. The number of anilines is 1. The molecule has 0 bridgehead atoms. The van der Waals surface area contributed by atoms with Crippen molar-refractivity contribution >= 4 is 5.82 Å². The first kappa shape index (κ1) is 112. The average molecular weight is 1800 g/mol. The number of hydrogen-bond donors (Lipinski definition) is 2. The van der Waals surface area contributed by atoms with Crippen molar-refractivity contribution < 1.29 is 22.7 Å². The summed E-state index contributed by atoms with van der Waals surface area (Å²) in [6.07, 6.45) is 3.95. The van der Waals surface area contributed by atoms with Crippen molar-refractivity contribution in [2.45, 2.75) is 352 Å². The van der Waals surface area contributed by atoms with E-state index in [1.165, 1.54) is 83.3 Å². The molecular formula is C114H157F4N13O. The van der Waals surface area contributed by atoms with Crippen LogP contribution in [0.4, 0.5) is 23.4 Å². The Balaban J connectivity index is 0.000000279. The number of hydrogen-bond acceptors (Lipinski definition) is 14. The van der Waals surface area contributed by atoms with Crippen LogP contribution in [0.3, 0.4) is 0 Å². The van der Waals surface area contributed by atoms with E-state index in [2.05, 4.69) is 296 Å². The molecule has 13 rings (SSSR count). The number of rotatable bonds is 16. The minimum absolute atomic E-state index is 0. The third kappa shape index (κ3) is 28.6. The van der Waals surface area contributed by atoms with Gasteiger partial charge in [-0.1, -0.05) is 337 Å². The van der Waals surface area contributed by atoms with Crippen molar-refractivity contribution in [1.29, 1.82) is 0 Å². The molecule has 6 aromatic heterocycles. The van der Waals surface area contributed by atoms with Crippen LogP contribution < -0.4 is 5.73 Å². The summed E-state index contributed by atoms with van der Waals surface area (Å²) in [5.41, 5.74) is 32.6. The number of phenolic OH excluding ortho intramolecular Hbond substituents is 1. The van der Waals surface area contributed by atoms with E-state index in [0.717, 1.165) is 90.7 Å². The Hall–Kier alpha value is -10.9. The van der Waals surface area contributed by atoms with E-state index < -0.39 is 18.3 Å². The largest absolute Gasteiger partial charge is 0.507 e. The molecule has 14 nitrogen and oxygen atoms in total. The number of aryl methyl sites for hydroxylation is 8. The highest BCUT2D eigenvalue weighted by Gasteiger charge is 2.39. The maximum absolute atomic E-state index is 14.0. The molecule has 1 aliphatic carbocycles. The maximum Gasteiger partial charge on any atom is 0.280 e. The van der Waals surface area contributed by atoms with Crippen LogP contribution in [-0.2, 0) is 33.0 Å². The molecule has 0 amide bonds. The number of benzene rings is 6. The third-order valence-electron chi connectivity index (χ3n) is 24.0. The zero-order valence-electron chi connectivity index (χ0n) is 83.9. The average Bonchev–Trinajstić information content (AvgIpc) is 1.49. The predicted molar refractivity (Wildman–Crippen MR) is 549 cm³/mol. The first-order chi connectivity index (χ1) is 59.8. The molecule has 6 aromatic carbocycles. The van der Waals surface area contributed by atoms with Crippen LogP contribution in [0.2, 0.25) is 0 Å². The Labute approximate surface area is 791 Å². The van der Waals surface area contributed by atoms with E-state index in [9.17, 15) is 22.7 Å². The molecular weight excluding hydrogens is 1640 g/mol. The molecule has 0 aliphatic heterocycles. The molecule has 3 N–H and O–H groups in total. The summed E-state index contributed by atoms with van der Waals surface area (Å²) in [6, 6.07) is 45.7. The number of alkyl halides is 4. The Morgan fingerprint density at radius 2 is 0.598 bits per heavy atom. The Kier molecular flexibility index (Phi) is 38.6. The van der Waals surface area contributed by atoms with Crippen LogP contribution in [0.15, 0.2) is 152 Å². The summed E-state index contributed by atoms with van der Waals surface area (Å²) in [5.74, 6) is 2.96. The summed E-state index contributed by atoms with van der Waals surface area (Å²) >= 11 is 0. The fourth-order valence-electron chi connectivity index (χ4n) is 16.0. The van der Waals surface area contributed by atoms with Crippen molar-refractivity contribution in [3.63, 3.8) is 0 Å². The van der Waals surface area contributed by atoms with Crippen molar-refractivity contribution in [3.8, 4) is 74.1 Å². The smallest absolute Gasteiger partial charge is 0.280 e. The lowest BCUT2D eigenvalue weighted by Gasteiger charge is -2.21. The number of nitrogens with zero attached hydrogens (tertiary/aromatic N) is 12. The van der Waals surface area contributed by atoms with Crippen LogP contribution in [0.25, 0.3) is 68.3 Å². The second kappa shape index (κ2) is 45.7. The van der Waals surface area contributed by atoms with Gasteiger partial charge < -0.3 is 10.8 Å². The third-order valence-corrected chi connectivity index (χ3v) is 24.0. The van der Waals surface area contributed by atoms with Gasteiger partial charge in [-0.15, -0.1) is 0 Å². The zero-order chi connectivity index (χ0) is 96.4. The van der Waals surface area contributed by atoms with Crippen molar-refractivity contribution in [2.75, 3.05) is 5.73 Å². The highest BCUT2D eigenvalue weighted by atomic mass is 19.3. The van der Waals surface area contributed by atoms with Crippen molar-refractivity contribution in [1.82, 2.24) is 59.8 Å². The molecule has 132 heavy (non-hydrogen) atoms. The van der Waals surface area contributed by atoms with Crippen LogP contribution in [0.1, 0.15) is 382 Å². The zero-order valence-corrected chi connectivity index (χ0v) is 83.9. The summed E-state index contributed by atoms with van der Waals surface area (Å²) in [4.78, 5) is 54.4. The number of nitrogens with two attached hydrogens (primary N) is 1. The molecule has 0 unspecified atom stereocenters. The van der Waals surface area contributed by atoms with Gasteiger partial charge in [-0.25, -0.2) is 77.4 Å². The van der Waals surface area contributed by atoms with Gasteiger partial charge in [0, 0.05) is 108 Å².